The van der Waals surface area contributed by atoms with Crippen molar-refractivity contribution in [2.45, 2.75) is 25.6 Å². The van der Waals surface area contributed by atoms with Gasteiger partial charge in [-0.05, 0) is 36.2 Å². The molecule has 4 rings (SSSR count). The first-order valence-corrected chi connectivity index (χ1v) is 9.65. The molecule has 3 heterocycles. The lowest BCUT2D eigenvalue weighted by atomic mass is 10.2. The maximum atomic E-state index is 5.82. The molecule has 0 spiro atoms. The first-order valence-electron chi connectivity index (χ1n) is 9.65. The van der Waals surface area contributed by atoms with Crippen LogP contribution < -0.4 is 10.1 Å². The van der Waals surface area contributed by atoms with E-state index in [1.807, 2.05) is 18.2 Å². The van der Waals surface area contributed by atoms with Gasteiger partial charge in [-0.2, -0.15) is 0 Å². The van der Waals surface area contributed by atoms with Crippen molar-refractivity contribution < 1.29 is 4.74 Å². The van der Waals surface area contributed by atoms with E-state index in [4.69, 9.17) is 4.74 Å². The number of hydrogen-bond donors (Lipinski definition) is 1. The van der Waals surface area contributed by atoms with Gasteiger partial charge < -0.3 is 10.1 Å². The average molecular weight is 352 g/mol. The number of piperazine rings is 1. The molecule has 2 aromatic rings. The van der Waals surface area contributed by atoms with E-state index in [9.17, 15) is 0 Å². The van der Waals surface area contributed by atoms with E-state index < -0.39 is 0 Å². The van der Waals surface area contributed by atoms with Crippen molar-refractivity contribution in [3.8, 4) is 5.75 Å². The molecule has 0 radical (unpaired) electrons. The number of pyridine rings is 1. The highest BCUT2D eigenvalue weighted by molar-refractivity contribution is 5.27. The fourth-order valence-corrected chi connectivity index (χ4v) is 3.89. The number of likely N-dealkylation sites (tertiary alicyclic amines) is 1. The largest absolute Gasteiger partial charge is 0.487 e. The standard InChI is InChI=1S/C21H28N4O/c1-2-9-23-19(3-1)17-26-21-6-4-18(5-7-21)15-24-12-8-20(16-24)25-13-10-22-11-14-25/h1-7,9,20,22H,8,10-17H2. The zero-order valence-corrected chi connectivity index (χ0v) is 15.3. The summed E-state index contributed by atoms with van der Waals surface area (Å²) in [4.78, 5) is 9.52. The predicted octanol–water partition coefficient (Wildman–Crippen LogP) is 2.14. The summed E-state index contributed by atoms with van der Waals surface area (Å²) in [7, 11) is 0. The van der Waals surface area contributed by atoms with Gasteiger partial charge >= 0.3 is 0 Å². The van der Waals surface area contributed by atoms with Gasteiger partial charge in [-0.25, -0.2) is 0 Å². The van der Waals surface area contributed by atoms with E-state index in [0.29, 0.717) is 6.61 Å². The molecule has 5 heteroatoms. The maximum Gasteiger partial charge on any atom is 0.130 e. The van der Waals surface area contributed by atoms with Crippen LogP contribution in [0.25, 0.3) is 0 Å². The summed E-state index contributed by atoms with van der Waals surface area (Å²) in [6, 6.07) is 15.1. The van der Waals surface area contributed by atoms with Gasteiger partial charge in [0.15, 0.2) is 0 Å². The summed E-state index contributed by atoms with van der Waals surface area (Å²) < 4.78 is 5.82. The van der Waals surface area contributed by atoms with Crippen LogP contribution in [-0.2, 0) is 13.2 Å². The molecule has 0 bridgehead atoms. The zero-order valence-electron chi connectivity index (χ0n) is 15.3. The van der Waals surface area contributed by atoms with Crippen LogP contribution in [0.5, 0.6) is 5.75 Å². The topological polar surface area (TPSA) is 40.6 Å². The number of aromatic nitrogens is 1. The number of nitrogens with zero attached hydrogens (tertiary/aromatic N) is 3. The summed E-state index contributed by atoms with van der Waals surface area (Å²) in [6.45, 7) is 8.60. The van der Waals surface area contributed by atoms with E-state index in [1.165, 1.54) is 38.2 Å². The Balaban J connectivity index is 1.25. The van der Waals surface area contributed by atoms with Crippen LogP contribution in [0.4, 0.5) is 0 Å². The number of ether oxygens (including phenoxy) is 1. The summed E-state index contributed by atoms with van der Waals surface area (Å²) in [5.74, 6) is 0.902. The van der Waals surface area contributed by atoms with Crippen molar-refractivity contribution in [1.29, 1.82) is 0 Å². The highest BCUT2D eigenvalue weighted by Crippen LogP contribution is 2.20. The molecule has 1 unspecified atom stereocenters. The highest BCUT2D eigenvalue weighted by Gasteiger charge is 2.28. The average Bonchev–Trinajstić information content (AvgIpc) is 3.17. The van der Waals surface area contributed by atoms with Crippen LogP contribution in [0.3, 0.4) is 0 Å². The maximum absolute atomic E-state index is 5.82. The summed E-state index contributed by atoms with van der Waals surface area (Å²) in [5, 5.41) is 3.44. The van der Waals surface area contributed by atoms with Crippen LogP contribution in [0.2, 0.25) is 0 Å². The van der Waals surface area contributed by atoms with Crippen molar-refractivity contribution in [3.05, 3.63) is 59.9 Å². The Bertz CT molecular complexity index is 670. The SMILES string of the molecule is c1ccc(COc2ccc(CN3CCC(N4CCNCC4)C3)cc2)nc1. The third-order valence-corrected chi connectivity index (χ3v) is 5.36. The normalized spacial score (nSPS) is 21.8. The smallest absolute Gasteiger partial charge is 0.130 e. The third kappa shape index (κ3) is 4.61. The minimum Gasteiger partial charge on any atom is -0.487 e. The van der Waals surface area contributed by atoms with Gasteiger partial charge in [-0.15, -0.1) is 0 Å². The molecular formula is C21H28N4O. The van der Waals surface area contributed by atoms with Gasteiger partial charge in [0.2, 0.25) is 0 Å². The minimum absolute atomic E-state index is 0.513. The molecular weight excluding hydrogens is 324 g/mol. The Hall–Kier alpha value is -1.95. The van der Waals surface area contributed by atoms with E-state index >= 15 is 0 Å². The summed E-state index contributed by atoms with van der Waals surface area (Å²) in [5.41, 5.74) is 2.31. The van der Waals surface area contributed by atoms with Crippen molar-refractivity contribution in [2.24, 2.45) is 0 Å². The van der Waals surface area contributed by atoms with Gasteiger partial charge in [0.25, 0.3) is 0 Å². The molecule has 1 N–H and O–H groups in total. The minimum atomic E-state index is 0.513. The first kappa shape index (κ1) is 17.5. The Morgan fingerprint density at radius 1 is 1.04 bits per heavy atom. The highest BCUT2D eigenvalue weighted by atomic mass is 16.5. The first-order chi connectivity index (χ1) is 12.9. The molecule has 5 nitrogen and oxygen atoms in total. The van der Waals surface area contributed by atoms with E-state index in [1.54, 1.807) is 6.20 Å². The molecule has 26 heavy (non-hydrogen) atoms. The number of benzene rings is 1. The molecule has 0 aliphatic carbocycles. The van der Waals surface area contributed by atoms with Crippen LogP contribution in [-0.4, -0.2) is 60.1 Å². The second-order valence-corrected chi connectivity index (χ2v) is 7.22. The van der Waals surface area contributed by atoms with Crippen molar-refractivity contribution in [2.75, 3.05) is 39.3 Å². The number of nitrogens with one attached hydrogen (secondary N) is 1. The summed E-state index contributed by atoms with van der Waals surface area (Å²) >= 11 is 0. The molecule has 138 valence electrons. The predicted molar refractivity (Wildman–Crippen MR) is 103 cm³/mol. The van der Waals surface area contributed by atoms with Crippen molar-refractivity contribution in [3.63, 3.8) is 0 Å². The van der Waals surface area contributed by atoms with E-state index in [0.717, 1.165) is 37.1 Å². The number of hydrogen-bond acceptors (Lipinski definition) is 5. The lowest BCUT2D eigenvalue weighted by molar-refractivity contribution is 0.170. The second-order valence-electron chi connectivity index (χ2n) is 7.22. The molecule has 1 aromatic heterocycles. The quantitative estimate of drug-likeness (QED) is 0.863. The van der Waals surface area contributed by atoms with Crippen LogP contribution >= 0.6 is 0 Å². The van der Waals surface area contributed by atoms with E-state index in [2.05, 4.69) is 44.4 Å². The molecule has 2 fully saturated rings. The molecule has 0 saturated carbocycles. The second kappa shape index (κ2) is 8.62. The Kier molecular flexibility index (Phi) is 5.79. The fourth-order valence-electron chi connectivity index (χ4n) is 3.89. The van der Waals surface area contributed by atoms with Crippen molar-refractivity contribution >= 4 is 0 Å². The van der Waals surface area contributed by atoms with Crippen molar-refractivity contribution in [1.82, 2.24) is 20.1 Å². The fraction of sp³-hybridized carbons (Fsp3) is 0.476. The molecule has 1 aromatic carbocycles. The van der Waals surface area contributed by atoms with Gasteiger partial charge in [0.05, 0.1) is 5.69 Å². The zero-order chi connectivity index (χ0) is 17.6. The summed E-state index contributed by atoms with van der Waals surface area (Å²) in [6.07, 6.45) is 3.09. The Morgan fingerprint density at radius 3 is 2.65 bits per heavy atom. The Labute approximate surface area is 156 Å². The molecule has 2 saturated heterocycles. The van der Waals surface area contributed by atoms with Gasteiger partial charge in [-0.3, -0.25) is 14.8 Å². The third-order valence-electron chi connectivity index (χ3n) is 5.36. The van der Waals surface area contributed by atoms with Gasteiger partial charge in [-0.1, -0.05) is 18.2 Å². The van der Waals surface area contributed by atoms with Gasteiger partial charge in [0.1, 0.15) is 12.4 Å². The lowest BCUT2D eigenvalue weighted by Crippen LogP contribution is -2.49. The van der Waals surface area contributed by atoms with Crippen LogP contribution in [0, 0.1) is 0 Å². The van der Waals surface area contributed by atoms with Gasteiger partial charge in [0, 0.05) is 58.1 Å². The lowest BCUT2D eigenvalue weighted by Gasteiger charge is -2.32. The van der Waals surface area contributed by atoms with Crippen LogP contribution in [0.1, 0.15) is 17.7 Å². The molecule has 1 atom stereocenters. The monoisotopic (exact) mass is 352 g/mol. The van der Waals surface area contributed by atoms with Crippen LogP contribution in [0.15, 0.2) is 48.7 Å². The number of rotatable bonds is 6. The molecule has 2 aliphatic rings. The van der Waals surface area contributed by atoms with E-state index in [-0.39, 0.29) is 0 Å². The Morgan fingerprint density at radius 2 is 1.88 bits per heavy atom. The molecule has 0 amide bonds. The molecule has 2 aliphatic heterocycles.